The Labute approximate surface area is 101 Å². The van der Waals surface area contributed by atoms with Crippen LogP contribution in [-0.2, 0) is 5.41 Å². The molecule has 2 aromatic rings. The molecule has 1 aliphatic carbocycles. The number of benzene rings is 1. The highest BCUT2D eigenvalue weighted by atomic mass is 19.3. The number of aromatic amines is 1. The van der Waals surface area contributed by atoms with Gasteiger partial charge in [0.2, 0.25) is 5.82 Å². The van der Waals surface area contributed by atoms with Crippen molar-refractivity contribution in [3.63, 3.8) is 0 Å². The number of H-pyrrole nitrogens is 1. The minimum absolute atomic E-state index is 0.0737. The number of alkyl halides is 2. The van der Waals surface area contributed by atoms with E-state index in [-0.39, 0.29) is 13.0 Å². The highest BCUT2D eigenvalue weighted by Crippen LogP contribution is 2.61. The van der Waals surface area contributed by atoms with Crippen molar-refractivity contribution >= 4 is 0 Å². The fourth-order valence-electron chi connectivity index (χ4n) is 2.23. The van der Waals surface area contributed by atoms with E-state index in [1.165, 1.54) is 0 Å². The minimum Gasteiger partial charge on any atom is -0.329 e. The number of tetrazole rings is 1. The van der Waals surface area contributed by atoms with Crippen LogP contribution in [0.25, 0.3) is 11.4 Å². The first kappa shape index (κ1) is 11.2. The van der Waals surface area contributed by atoms with E-state index in [9.17, 15) is 8.78 Å². The highest BCUT2D eigenvalue weighted by Gasteiger charge is 2.71. The van der Waals surface area contributed by atoms with E-state index in [0.29, 0.717) is 17.0 Å². The fourth-order valence-corrected chi connectivity index (χ4v) is 2.23. The zero-order chi connectivity index (χ0) is 12.8. The molecule has 1 fully saturated rings. The third-order valence-corrected chi connectivity index (χ3v) is 3.47. The van der Waals surface area contributed by atoms with Crippen molar-refractivity contribution < 1.29 is 8.78 Å². The highest BCUT2D eigenvalue weighted by molar-refractivity contribution is 5.57. The summed E-state index contributed by atoms with van der Waals surface area (Å²) < 4.78 is 27.0. The zero-order valence-corrected chi connectivity index (χ0v) is 9.40. The number of aromatic nitrogens is 4. The number of halogens is 2. The molecule has 0 aliphatic heterocycles. The summed E-state index contributed by atoms with van der Waals surface area (Å²) in [5.41, 5.74) is 5.46. The number of nitrogens with zero attached hydrogens (tertiary/aromatic N) is 3. The molecule has 18 heavy (non-hydrogen) atoms. The summed E-state index contributed by atoms with van der Waals surface area (Å²) in [5.74, 6) is -2.34. The summed E-state index contributed by atoms with van der Waals surface area (Å²) >= 11 is 0. The molecule has 1 saturated carbocycles. The topological polar surface area (TPSA) is 80.5 Å². The van der Waals surface area contributed by atoms with Crippen LogP contribution in [0.1, 0.15) is 12.0 Å². The van der Waals surface area contributed by atoms with Crippen molar-refractivity contribution in [1.82, 2.24) is 20.6 Å². The third-order valence-electron chi connectivity index (χ3n) is 3.47. The molecule has 1 atom stereocenters. The second-order valence-corrected chi connectivity index (χ2v) is 4.48. The number of rotatable bonds is 3. The maximum Gasteiger partial charge on any atom is 0.260 e. The van der Waals surface area contributed by atoms with E-state index in [1.807, 2.05) is 0 Å². The van der Waals surface area contributed by atoms with Gasteiger partial charge in [-0.15, -0.1) is 10.2 Å². The lowest BCUT2D eigenvalue weighted by Gasteiger charge is -2.14. The standard InChI is InChI=1S/C11H11F2N5/c12-11(13)5-10(11,6-14)8-3-1-2-7(4-8)9-15-17-18-16-9/h1-4H,5-6,14H2,(H,15,16,17,18). The summed E-state index contributed by atoms with van der Waals surface area (Å²) in [6, 6.07) is 6.77. The van der Waals surface area contributed by atoms with Crippen molar-refractivity contribution in [3.8, 4) is 11.4 Å². The Bertz CT molecular complexity index is 569. The first-order valence-corrected chi connectivity index (χ1v) is 5.51. The Hall–Kier alpha value is -1.89. The van der Waals surface area contributed by atoms with Gasteiger partial charge in [0.05, 0.1) is 5.41 Å². The Morgan fingerprint density at radius 1 is 1.39 bits per heavy atom. The molecule has 0 bridgehead atoms. The smallest absolute Gasteiger partial charge is 0.260 e. The summed E-state index contributed by atoms with van der Waals surface area (Å²) in [7, 11) is 0. The van der Waals surface area contributed by atoms with Gasteiger partial charge >= 0.3 is 0 Å². The summed E-state index contributed by atoms with van der Waals surface area (Å²) in [6.07, 6.45) is -0.202. The third kappa shape index (κ3) is 1.43. The van der Waals surface area contributed by atoms with E-state index in [2.05, 4.69) is 20.6 Å². The molecule has 94 valence electrons. The lowest BCUT2D eigenvalue weighted by atomic mass is 9.93. The molecule has 1 aromatic heterocycles. The normalized spacial score (nSPS) is 25.1. The van der Waals surface area contributed by atoms with Crippen LogP contribution in [0.3, 0.4) is 0 Å². The van der Waals surface area contributed by atoms with Crippen LogP contribution in [0.2, 0.25) is 0 Å². The van der Waals surface area contributed by atoms with Crippen molar-refractivity contribution in [3.05, 3.63) is 29.8 Å². The lowest BCUT2D eigenvalue weighted by Crippen LogP contribution is -2.26. The van der Waals surface area contributed by atoms with Crippen LogP contribution in [0.15, 0.2) is 24.3 Å². The van der Waals surface area contributed by atoms with Gasteiger partial charge in [-0.3, -0.25) is 0 Å². The van der Waals surface area contributed by atoms with E-state index >= 15 is 0 Å². The van der Waals surface area contributed by atoms with E-state index < -0.39 is 11.3 Å². The molecule has 1 aromatic carbocycles. The van der Waals surface area contributed by atoms with Crippen LogP contribution in [0.5, 0.6) is 0 Å². The minimum atomic E-state index is -2.72. The van der Waals surface area contributed by atoms with E-state index in [4.69, 9.17) is 5.73 Å². The van der Waals surface area contributed by atoms with Crippen molar-refractivity contribution in [2.45, 2.75) is 17.8 Å². The molecule has 5 nitrogen and oxygen atoms in total. The summed E-state index contributed by atoms with van der Waals surface area (Å²) in [6.45, 7) is -0.0737. The molecule has 1 heterocycles. The van der Waals surface area contributed by atoms with Crippen molar-refractivity contribution in [1.29, 1.82) is 0 Å². The molecule has 1 unspecified atom stereocenters. The average molecular weight is 251 g/mol. The van der Waals surface area contributed by atoms with Crippen LogP contribution in [-0.4, -0.2) is 33.1 Å². The molecule has 7 heteroatoms. The van der Waals surface area contributed by atoms with Crippen molar-refractivity contribution in [2.75, 3.05) is 6.54 Å². The van der Waals surface area contributed by atoms with Gasteiger partial charge in [-0.05, 0) is 16.8 Å². The molecular formula is C11H11F2N5. The van der Waals surface area contributed by atoms with Gasteiger partial charge in [0.1, 0.15) is 0 Å². The van der Waals surface area contributed by atoms with Gasteiger partial charge in [0.25, 0.3) is 5.92 Å². The molecule has 0 saturated heterocycles. The summed E-state index contributed by atoms with van der Waals surface area (Å²) in [5, 5.41) is 13.4. The van der Waals surface area contributed by atoms with Crippen LogP contribution in [0, 0.1) is 0 Å². The van der Waals surface area contributed by atoms with Crippen LogP contribution in [0.4, 0.5) is 8.78 Å². The second-order valence-electron chi connectivity index (χ2n) is 4.48. The van der Waals surface area contributed by atoms with E-state index in [1.54, 1.807) is 24.3 Å². The average Bonchev–Trinajstić information content (AvgIpc) is 2.78. The maximum absolute atomic E-state index is 13.5. The van der Waals surface area contributed by atoms with Crippen LogP contribution >= 0.6 is 0 Å². The number of nitrogens with two attached hydrogens (primary N) is 1. The number of nitrogens with one attached hydrogen (secondary N) is 1. The molecule has 3 rings (SSSR count). The maximum atomic E-state index is 13.5. The molecular weight excluding hydrogens is 240 g/mol. The van der Waals surface area contributed by atoms with Gasteiger partial charge in [-0.1, -0.05) is 18.2 Å². The van der Waals surface area contributed by atoms with Gasteiger partial charge in [-0.2, -0.15) is 5.21 Å². The van der Waals surface area contributed by atoms with Gasteiger partial charge in [0.15, 0.2) is 0 Å². The van der Waals surface area contributed by atoms with Crippen molar-refractivity contribution in [2.24, 2.45) is 5.73 Å². The number of hydrogen-bond donors (Lipinski definition) is 2. The molecule has 0 spiro atoms. The molecule has 3 N–H and O–H groups in total. The van der Waals surface area contributed by atoms with Crippen LogP contribution < -0.4 is 5.73 Å². The molecule has 1 aliphatic rings. The molecule has 0 radical (unpaired) electrons. The monoisotopic (exact) mass is 251 g/mol. The molecule has 0 amide bonds. The Balaban J connectivity index is 2.03. The lowest BCUT2D eigenvalue weighted by molar-refractivity contribution is 0.0896. The predicted octanol–water partition coefficient (Wildman–Crippen LogP) is 1.10. The first-order chi connectivity index (χ1) is 8.59. The number of hydrogen-bond acceptors (Lipinski definition) is 4. The first-order valence-electron chi connectivity index (χ1n) is 5.51. The summed E-state index contributed by atoms with van der Waals surface area (Å²) in [4.78, 5) is 0. The Morgan fingerprint density at radius 3 is 2.72 bits per heavy atom. The van der Waals surface area contributed by atoms with Gasteiger partial charge in [-0.25, -0.2) is 8.78 Å². The Kier molecular flexibility index (Phi) is 2.21. The fraction of sp³-hybridized carbons (Fsp3) is 0.364. The quantitative estimate of drug-likeness (QED) is 0.856. The zero-order valence-electron chi connectivity index (χ0n) is 9.40. The van der Waals surface area contributed by atoms with Gasteiger partial charge < -0.3 is 5.73 Å². The predicted molar refractivity (Wildman–Crippen MR) is 59.9 cm³/mol. The van der Waals surface area contributed by atoms with E-state index in [0.717, 1.165) is 0 Å². The largest absolute Gasteiger partial charge is 0.329 e. The Morgan fingerprint density at radius 2 is 2.17 bits per heavy atom. The SMILES string of the molecule is NCC1(c2cccc(-c3nn[nH]n3)c2)CC1(F)F. The van der Waals surface area contributed by atoms with Gasteiger partial charge in [0, 0.05) is 18.5 Å². The second kappa shape index (κ2) is 3.55.